The largest absolute Gasteiger partial charge is 0.465 e. The number of rotatable bonds is 4. The van der Waals surface area contributed by atoms with Crippen LogP contribution in [0.1, 0.15) is 20.3 Å². The molecule has 0 aromatic carbocycles. The van der Waals surface area contributed by atoms with Gasteiger partial charge in [0, 0.05) is 6.61 Å². The lowest BCUT2D eigenvalue weighted by molar-refractivity contribution is -0.161. The predicted octanol–water partition coefficient (Wildman–Crippen LogP) is 0.444. The van der Waals surface area contributed by atoms with E-state index >= 15 is 0 Å². The summed E-state index contributed by atoms with van der Waals surface area (Å²) in [6.45, 7) is 3.83. The molecule has 1 amide bonds. The Bertz CT molecular complexity index is 368. The van der Waals surface area contributed by atoms with Crippen molar-refractivity contribution in [3.63, 3.8) is 0 Å². The Morgan fingerprint density at radius 1 is 1.65 bits per heavy atom. The maximum Gasteiger partial charge on any atom is 0.331 e. The van der Waals surface area contributed by atoms with Gasteiger partial charge in [-0.25, -0.2) is 0 Å². The van der Waals surface area contributed by atoms with Crippen molar-refractivity contribution in [3.8, 4) is 6.07 Å². The molecule has 1 fully saturated rings. The molecule has 6 nitrogen and oxygen atoms in total. The summed E-state index contributed by atoms with van der Waals surface area (Å²) in [5.41, 5.74) is -1.56. The summed E-state index contributed by atoms with van der Waals surface area (Å²) in [6, 6.07) is 1.88. The van der Waals surface area contributed by atoms with Crippen molar-refractivity contribution in [1.29, 1.82) is 5.26 Å². The first-order chi connectivity index (χ1) is 8.03. The number of carbonyl (C=O) groups excluding carboxylic acids is 2. The monoisotopic (exact) mass is 258 g/mol. The van der Waals surface area contributed by atoms with Crippen LogP contribution >= 0.6 is 9.39 Å². The Morgan fingerprint density at radius 2 is 2.29 bits per heavy atom. The van der Waals surface area contributed by atoms with Crippen LogP contribution in [0.2, 0.25) is 0 Å². The summed E-state index contributed by atoms with van der Waals surface area (Å²) < 4.78 is 11.4. The number of amides is 1. The molecule has 0 N–H and O–H groups in total. The van der Waals surface area contributed by atoms with E-state index in [0.717, 1.165) is 0 Å². The topological polar surface area (TPSA) is 79.6 Å². The third-order valence-electron chi connectivity index (χ3n) is 2.56. The smallest absolute Gasteiger partial charge is 0.331 e. The van der Waals surface area contributed by atoms with Crippen molar-refractivity contribution in [2.24, 2.45) is 5.41 Å². The highest BCUT2D eigenvalue weighted by molar-refractivity contribution is 7.14. The van der Waals surface area contributed by atoms with E-state index in [0.29, 0.717) is 6.61 Å². The Labute approximate surface area is 102 Å². The van der Waals surface area contributed by atoms with E-state index < -0.39 is 17.6 Å². The van der Waals surface area contributed by atoms with Crippen LogP contribution in [-0.4, -0.2) is 36.0 Å². The molecule has 17 heavy (non-hydrogen) atoms. The van der Waals surface area contributed by atoms with Crippen LogP contribution < -0.4 is 0 Å². The molecule has 1 unspecified atom stereocenters. The summed E-state index contributed by atoms with van der Waals surface area (Å²) in [4.78, 5) is 23.5. The van der Waals surface area contributed by atoms with Crippen LogP contribution in [0, 0.1) is 16.7 Å². The molecule has 3 atom stereocenters. The second-order valence-electron chi connectivity index (χ2n) is 3.59. The van der Waals surface area contributed by atoms with Crippen molar-refractivity contribution in [2.45, 2.75) is 26.5 Å². The summed E-state index contributed by atoms with van der Waals surface area (Å²) in [7, 11) is 2.18. The molecule has 0 aliphatic carbocycles. The van der Waals surface area contributed by atoms with E-state index in [1.54, 1.807) is 13.8 Å². The third-order valence-corrected chi connectivity index (χ3v) is 3.11. The third kappa shape index (κ3) is 2.26. The van der Waals surface area contributed by atoms with Gasteiger partial charge in [-0.05, 0) is 23.2 Å². The molecule has 1 aliphatic heterocycles. The molecule has 1 rings (SSSR count). The first-order valence-electron chi connectivity index (χ1n) is 5.30. The van der Waals surface area contributed by atoms with E-state index in [9.17, 15) is 14.9 Å². The van der Waals surface area contributed by atoms with Crippen molar-refractivity contribution >= 4 is 21.3 Å². The zero-order valence-electron chi connectivity index (χ0n) is 9.80. The quantitative estimate of drug-likeness (QED) is 0.540. The van der Waals surface area contributed by atoms with Crippen molar-refractivity contribution in [3.05, 3.63) is 0 Å². The number of nitriles is 1. The van der Waals surface area contributed by atoms with Crippen LogP contribution in [0.3, 0.4) is 0 Å². The van der Waals surface area contributed by atoms with Gasteiger partial charge in [-0.15, -0.1) is 0 Å². The number of hydrogen-bond acceptors (Lipinski definition) is 5. The number of nitrogens with zero attached hydrogens (tertiary/aromatic N) is 2. The maximum atomic E-state index is 11.9. The maximum absolute atomic E-state index is 11.9. The van der Waals surface area contributed by atoms with Crippen LogP contribution in [-0.2, 0) is 19.1 Å². The standard InChI is InChI=1S/C10H15N2O4P/c1-3-15-8-10(6-11,9(14)16-4-2)5-7(13)12(8)17/h8H,3-5,17H2,1-2H3/t8-,10-/m0/s1. The van der Waals surface area contributed by atoms with E-state index in [2.05, 4.69) is 9.39 Å². The Hall–Kier alpha value is -1.18. The molecule has 7 heteroatoms. The molecule has 0 saturated carbocycles. The first kappa shape index (κ1) is 13.9. The second-order valence-corrected chi connectivity index (χ2v) is 4.15. The highest BCUT2D eigenvalue weighted by Crippen LogP contribution is 2.41. The fourth-order valence-electron chi connectivity index (χ4n) is 1.74. The molecular formula is C10H15N2O4P. The first-order valence-corrected chi connectivity index (χ1v) is 5.82. The minimum Gasteiger partial charge on any atom is -0.465 e. The second kappa shape index (κ2) is 5.44. The molecule has 94 valence electrons. The summed E-state index contributed by atoms with van der Waals surface area (Å²) in [6.07, 6.45) is -1.12. The number of carbonyl (C=O) groups is 2. The lowest BCUT2D eigenvalue weighted by Crippen LogP contribution is -2.44. The van der Waals surface area contributed by atoms with E-state index in [1.165, 1.54) is 4.67 Å². The van der Waals surface area contributed by atoms with Gasteiger partial charge in [-0.3, -0.25) is 14.3 Å². The number of esters is 1. The zero-order valence-corrected chi connectivity index (χ0v) is 11.0. The molecule has 0 aromatic rings. The van der Waals surface area contributed by atoms with E-state index in [1.807, 2.05) is 6.07 Å². The van der Waals surface area contributed by atoms with Gasteiger partial charge in [0.05, 0.1) is 19.1 Å². The highest BCUT2D eigenvalue weighted by atomic mass is 31.0. The fourth-order valence-corrected chi connectivity index (χ4v) is 2.17. The summed E-state index contributed by atoms with van der Waals surface area (Å²) in [5, 5.41) is 9.23. The van der Waals surface area contributed by atoms with Gasteiger partial charge in [0.15, 0.2) is 6.23 Å². The summed E-state index contributed by atoms with van der Waals surface area (Å²) >= 11 is 0. The van der Waals surface area contributed by atoms with Crippen LogP contribution in [0.15, 0.2) is 0 Å². The van der Waals surface area contributed by atoms with Gasteiger partial charge in [-0.2, -0.15) is 5.26 Å². The lowest BCUT2D eigenvalue weighted by atomic mass is 9.87. The minimum absolute atomic E-state index is 0.159. The fraction of sp³-hybridized carbons (Fsp3) is 0.700. The molecule has 0 spiro atoms. The highest BCUT2D eigenvalue weighted by Gasteiger charge is 2.58. The predicted molar refractivity (Wildman–Crippen MR) is 61.3 cm³/mol. The van der Waals surface area contributed by atoms with Crippen LogP contribution in [0.5, 0.6) is 0 Å². The minimum atomic E-state index is -1.56. The molecule has 1 aliphatic rings. The van der Waals surface area contributed by atoms with Gasteiger partial charge in [0.25, 0.3) is 0 Å². The molecule has 0 bridgehead atoms. The van der Waals surface area contributed by atoms with Crippen molar-refractivity contribution in [2.75, 3.05) is 13.2 Å². The number of hydrogen-bond donors (Lipinski definition) is 0. The molecular weight excluding hydrogens is 243 g/mol. The van der Waals surface area contributed by atoms with E-state index in [-0.39, 0.29) is 18.9 Å². The Balaban J connectivity index is 3.08. The van der Waals surface area contributed by atoms with Crippen LogP contribution in [0.25, 0.3) is 0 Å². The molecule has 1 saturated heterocycles. The van der Waals surface area contributed by atoms with Gasteiger partial charge in [-0.1, -0.05) is 0 Å². The molecule has 0 aromatic heterocycles. The van der Waals surface area contributed by atoms with Gasteiger partial charge in [0.1, 0.15) is 0 Å². The Morgan fingerprint density at radius 3 is 2.76 bits per heavy atom. The van der Waals surface area contributed by atoms with Gasteiger partial charge in [0.2, 0.25) is 11.3 Å². The average Bonchev–Trinajstić information content (AvgIpc) is 2.55. The average molecular weight is 258 g/mol. The summed E-state index contributed by atoms with van der Waals surface area (Å²) in [5.74, 6) is -1.04. The molecule has 1 heterocycles. The van der Waals surface area contributed by atoms with Crippen molar-refractivity contribution in [1.82, 2.24) is 4.67 Å². The van der Waals surface area contributed by atoms with Crippen molar-refractivity contribution < 1.29 is 19.1 Å². The van der Waals surface area contributed by atoms with Gasteiger partial charge >= 0.3 is 5.97 Å². The molecule has 0 radical (unpaired) electrons. The Kier molecular flexibility index (Phi) is 4.44. The normalized spacial score (nSPS) is 28.0. The van der Waals surface area contributed by atoms with Gasteiger partial charge < -0.3 is 9.47 Å². The number of ether oxygens (including phenoxy) is 2. The van der Waals surface area contributed by atoms with Crippen LogP contribution in [0.4, 0.5) is 0 Å². The zero-order chi connectivity index (χ0) is 13.1. The lowest BCUT2D eigenvalue weighted by Gasteiger charge is -2.28. The SMILES string of the molecule is CCOC(=O)[C@]1(C#N)CC(=O)N(P)[C@H]1OCC. The van der Waals surface area contributed by atoms with E-state index in [4.69, 9.17) is 9.47 Å².